The molecule has 0 saturated carbocycles. The van der Waals surface area contributed by atoms with Crippen molar-refractivity contribution >= 4 is 0 Å². The fourth-order valence-electron chi connectivity index (χ4n) is 1.26. The third-order valence-corrected chi connectivity index (χ3v) is 1.92. The minimum absolute atomic E-state index is 0.320. The number of likely N-dealkylation sites (N-methyl/N-ethyl adjacent to an activating group) is 1. The highest BCUT2D eigenvalue weighted by atomic mass is 16.3. The van der Waals surface area contributed by atoms with Gasteiger partial charge in [0.2, 0.25) is 0 Å². The summed E-state index contributed by atoms with van der Waals surface area (Å²) in [6.07, 6.45) is 4.13. The van der Waals surface area contributed by atoms with E-state index in [0.717, 1.165) is 12.1 Å². The molecule has 0 aromatic carbocycles. The molecule has 0 radical (unpaired) electrons. The molecule has 1 aromatic rings. The summed E-state index contributed by atoms with van der Waals surface area (Å²) < 4.78 is 1.86. The maximum absolute atomic E-state index is 9.49. The molecule has 1 heterocycles. The van der Waals surface area contributed by atoms with Crippen LogP contribution in [0.5, 0.6) is 0 Å². The van der Waals surface area contributed by atoms with Crippen LogP contribution in [0.25, 0.3) is 0 Å². The Labute approximate surface area is 78.6 Å². The quantitative estimate of drug-likeness (QED) is 0.677. The van der Waals surface area contributed by atoms with Crippen molar-refractivity contribution in [2.24, 2.45) is 0 Å². The van der Waals surface area contributed by atoms with Gasteiger partial charge in [0, 0.05) is 25.7 Å². The van der Waals surface area contributed by atoms with E-state index in [2.05, 4.69) is 10.4 Å². The van der Waals surface area contributed by atoms with Crippen molar-refractivity contribution < 1.29 is 5.11 Å². The Bertz CT molecular complexity index is 247. The van der Waals surface area contributed by atoms with E-state index in [1.807, 2.05) is 31.0 Å². The average molecular weight is 183 g/mol. The Morgan fingerprint density at radius 2 is 2.46 bits per heavy atom. The van der Waals surface area contributed by atoms with Crippen LogP contribution in [0.2, 0.25) is 0 Å². The Morgan fingerprint density at radius 3 is 3.00 bits per heavy atom. The van der Waals surface area contributed by atoms with Gasteiger partial charge < -0.3 is 10.4 Å². The van der Waals surface area contributed by atoms with Crippen LogP contribution in [0.3, 0.4) is 0 Å². The van der Waals surface area contributed by atoms with Gasteiger partial charge in [-0.3, -0.25) is 4.68 Å². The lowest BCUT2D eigenvalue weighted by Crippen LogP contribution is -2.25. The molecule has 74 valence electrons. The van der Waals surface area contributed by atoms with Gasteiger partial charge in [0.05, 0.1) is 12.3 Å². The summed E-state index contributed by atoms with van der Waals surface area (Å²) in [6, 6.07) is 0. The maximum atomic E-state index is 9.49. The van der Waals surface area contributed by atoms with Crippen LogP contribution in [0.4, 0.5) is 0 Å². The second kappa shape index (κ2) is 4.99. The lowest BCUT2D eigenvalue weighted by Gasteiger charge is -2.06. The SMILES string of the molecule is CCn1cc(CC(O)CNC)cn1. The van der Waals surface area contributed by atoms with Crippen LogP contribution in [-0.4, -0.2) is 34.6 Å². The summed E-state index contributed by atoms with van der Waals surface area (Å²) in [5.41, 5.74) is 1.09. The van der Waals surface area contributed by atoms with Crippen LogP contribution < -0.4 is 5.32 Å². The number of aliphatic hydroxyl groups is 1. The van der Waals surface area contributed by atoms with Gasteiger partial charge in [-0.25, -0.2) is 0 Å². The number of aliphatic hydroxyl groups excluding tert-OH is 1. The first kappa shape index (κ1) is 10.2. The maximum Gasteiger partial charge on any atom is 0.0705 e. The lowest BCUT2D eigenvalue weighted by molar-refractivity contribution is 0.175. The molecule has 0 aliphatic carbocycles. The molecule has 0 saturated heterocycles. The minimum atomic E-state index is -0.320. The fraction of sp³-hybridized carbons (Fsp3) is 0.667. The van der Waals surface area contributed by atoms with E-state index in [9.17, 15) is 5.11 Å². The largest absolute Gasteiger partial charge is 0.391 e. The van der Waals surface area contributed by atoms with Gasteiger partial charge in [-0.05, 0) is 19.5 Å². The van der Waals surface area contributed by atoms with E-state index in [4.69, 9.17) is 0 Å². The summed E-state index contributed by atoms with van der Waals surface area (Å²) in [4.78, 5) is 0. The lowest BCUT2D eigenvalue weighted by atomic mass is 10.1. The molecule has 1 atom stereocenters. The fourth-order valence-corrected chi connectivity index (χ4v) is 1.26. The van der Waals surface area contributed by atoms with Gasteiger partial charge in [0.15, 0.2) is 0 Å². The first-order valence-electron chi connectivity index (χ1n) is 4.60. The predicted molar refractivity (Wildman–Crippen MR) is 51.5 cm³/mol. The Kier molecular flexibility index (Phi) is 3.92. The highest BCUT2D eigenvalue weighted by molar-refractivity contribution is 5.05. The van der Waals surface area contributed by atoms with Gasteiger partial charge >= 0.3 is 0 Å². The van der Waals surface area contributed by atoms with Gasteiger partial charge in [0.1, 0.15) is 0 Å². The van der Waals surface area contributed by atoms with E-state index in [1.54, 1.807) is 0 Å². The monoisotopic (exact) mass is 183 g/mol. The second-order valence-corrected chi connectivity index (χ2v) is 3.12. The average Bonchev–Trinajstić information content (AvgIpc) is 2.52. The van der Waals surface area contributed by atoms with E-state index < -0.39 is 0 Å². The molecular formula is C9H17N3O. The number of rotatable bonds is 5. The number of nitrogens with zero attached hydrogens (tertiary/aromatic N) is 2. The van der Waals surface area contributed by atoms with E-state index >= 15 is 0 Å². The Balaban J connectivity index is 2.44. The molecule has 0 fully saturated rings. The van der Waals surface area contributed by atoms with E-state index in [0.29, 0.717) is 13.0 Å². The summed E-state index contributed by atoms with van der Waals surface area (Å²) in [5.74, 6) is 0. The van der Waals surface area contributed by atoms with Crippen molar-refractivity contribution in [3.05, 3.63) is 18.0 Å². The van der Waals surface area contributed by atoms with Crippen molar-refractivity contribution in [1.82, 2.24) is 15.1 Å². The molecule has 0 aliphatic heterocycles. The van der Waals surface area contributed by atoms with Crippen molar-refractivity contribution in [2.75, 3.05) is 13.6 Å². The van der Waals surface area contributed by atoms with Gasteiger partial charge in [-0.2, -0.15) is 5.10 Å². The molecule has 0 spiro atoms. The van der Waals surface area contributed by atoms with Crippen molar-refractivity contribution in [2.45, 2.75) is 26.0 Å². The van der Waals surface area contributed by atoms with Crippen molar-refractivity contribution in [3.8, 4) is 0 Å². The zero-order valence-corrected chi connectivity index (χ0v) is 8.20. The molecule has 0 aliphatic rings. The van der Waals surface area contributed by atoms with Gasteiger partial charge in [0.25, 0.3) is 0 Å². The Morgan fingerprint density at radius 1 is 1.69 bits per heavy atom. The predicted octanol–water partition coefficient (Wildman–Crippen LogP) is 0.0258. The molecule has 1 unspecified atom stereocenters. The first-order valence-corrected chi connectivity index (χ1v) is 4.60. The number of nitrogens with one attached hydrogen (secondary N) is 1. The molecule has 0 bridgehead atoms. The smallest absolute Gasteiger partial charge is 0.0705 e. The van der Waals surface area contributed by atoms with Crippen molar-refractivity contribution in [3.63, 3.8) is 0 Å². The summed E-state index contributed by atoms with van der Waals surface area (Å²) in [6.45, 7) is 3.54. The first-order chi connectivity index (χ1) is 6.26. The van der Waals surface area contributed by atoms with Crippen LogP contribution >= 0.6 is 0 Å². The zero-order valence-electron chi connectivity index (χ0n) is 8.20. The molecule has 2 N–H and O–H groups in total. The van der Waals surface area contributed by atoms with E-state index in [1.165, 1.54) is 0 Å². The third-order valence-electron chi connectivity index (χ3n) is 1.92. The molecule has 1 rings (SSSR count). The molecule has 4 nitrogen and oxygen atoms in total. The van der Waals surface area contributed by atoms with Crippen LogP contribution in [0.1, 0.15) is 12.5 Å². The summed E-state index contributed by atoms with van der Waals surface area (Å²) in [5, 5.41) is 16.5. The topological polar surface area (TPSA) is 50.1 Å². The van der Waals surface area contributed by atoms with Crippen molar-refractivity contribution in [1.29, 1.82) is 0 Å². The summed E-state index contributed by atoms with van der Waals surface area (Å²) in [7, 11) is 1.83. The normalized spacial score (nSPS) is 13.2. The van der Waals surface area contributed by atoms with Gasteiger partial charge in [-0.15, -0.1) is 0 Å². The molecule has 4 heteroatoms. The van der Waals surface area contributed by atoms with Crippen LogP contribution in [0.15, 0.2) is 12.4 Å². The number of aromatic nitrogens is 2. The molecular weight excluding hydrogens is 166 g/mol. The summed E-state index contributed by atoms with van der Waals surface area (Å²) >= 11 is 0. The molecule has 1 aromatic heterocycles. The highest BCUT2D eigenvalue weighted by Gasteiger charge is 2.05. The second-order valence-electron chi connectivity index (χ2n) is 3.12. The van der Waals surface area contributed by atoms with E-state index in [-0.39, 0.29) is 6.10 Å². The standard InChI is InChI=1S/C9H17N3O/c1-3-12-7-8(5-11-12)4-9(13)6-10-2/h5,7,9-10,13H,3-4,6H2,1-2H3. The van der Waals surface area contributed by atoms with Crippen LogP contribution in [-0.2, 0) is 13.0 Å². The molecule has 0 amide bonds. The van der Waals surface area contributed by atoms with Crippen LogP contribution in [0, 0.1) is 0 Å². The Hall–Kier alpha value is -0.870. The minimum Gasteiger partial charge on any atom is -0.391 e. The third kappa shape index (κ3) is 3.16. The zero-order chi connectivity index (χ0) is 9.68. The number of hydrogen-bond acceptors (Lipinski definition) is 3. The number of hydrogen-bond donors (Lipinski definition) is 2. The highest BCUT2D eigenvalue weighted by Crippen LogP contribution is 2.01. The van der Waals surface area contributed by atoms with Gasteiger partial charge in [-0.1, -0.05) is 0 Å². The molecule has 13 heavy (non-hydrogen) atoms. The number of aryl methyl sites for hydroxylation is 1.